The topological polar surface area (TPSA) is 418 Å². The lowest BCUT2D eigenvalue weighted by Crippen LogP contribution is -2.62. The fourth-order valence-corrected chi connectivity index (χ4v) is 9.95. The predicted molar refractivity (Wildman–Crippen MR) is 347 cm³/mol. The molecule has 0 bridgehead atoms. The van der Waals surface area contributed by atoms with Gasteiger partial charge >= 0.3 is 6.03 Å². The number of aliphatic hydroxyl groups excluding tert-OH is 1. The van der Waals surface area contributed by atoms with Gasteiger partial charge < -0.3 is 64.2 Å². The van der Waals surface area contributed by atoms with E-state index in [2.05, 4.69) is 53.4 Å². The highest BCUT2D eigenvalue weighted by Gasteiger charge is 2.37. The van der Waals surface area contributed by atoms with E-state index in [4.69, 9.17) is 11.5 Å². The zero-order valence-electron chi connectivity index (χ0n) is 53.8. The number of carbonyl (C=O) groups excluding carboxylic acids is 12. The van der Waals surface area contributed by atoms with Crippen LogP contribution in [0.5, 0.6) is 5.75 Å². The van der Waals surface area contributed by atoms with Gasteiger partial charge in [0.05, 0.1) is 25.0 Å². The molecule has 0 saturated carbocycles. The Balaban J connectivity index is 1.55. The normalized spacial score (nSPS) is 14.5. The first kappa shape index (κ1) is 75.5. The number of aliphatic hydroxyl groups is 1. The number of amides is 12. The summed E-state index contributed by atoms with van der Waals surface area (Å²) in [6, 6.07) is 17.7. The van der Waals surface area contributed by atoms with Gasteiger partial charge in [0.2, 0.25) is 53.2 Å². The highest BCUT2D eigenvalue weighted by molar-refractivity contribution is 6.00. The standard InChI is InChI=1S/C67H90N12O14/c1-9-11-26-49(60(86)71-50(41(7)80)33-43-21-14-12-15-22-43)70-61(87)51(31-38(3)4)76-67(93)79-78-65(91)52(34-44-23-16-13-17-24-44)75-66(92)58(42(8)81)77-64(90)55(37-57(69)84)74-62(88)53(35-46(10-2)48-25-19-18-20-39(48)5)73-63(89)54(36-56(68)83)72-59(85)40(6)32-45-27-29-47(82)30-28-45/h10,12-25,27-30,38,40,42,49-55,58,81-82H,9,11,26,31-37H2,1-8H3,(H2,68,83)(H2,69,84)(H,70,87)(H,71,86)(H,72,85)(H,73,89)(H,74,88)(H,75,92)(H,77,90)(H,78,91)(H2,76,79,93)/b46-10-/t40-,42?,49+,50+,51+,52+,53+,54+,55+,58+/m1/s1. The molecule has 1 unspecified atom stereocenters. The first-order valence-corrected chi connectivity index (χ1v) is 30.9. The molecular weight excluding hydrogens is 1200 g/mol. The molecule has 0 saturated heterocycles. The summed E-state index contributed by atoms with van der Waals surface area (Å²) in [6.45, 7) is 13.1. The number of benzene rings is 4. The number of nitrogens with one attached hydrogen (secondary N) is 10. The number of phenolic OH excluding ortho intramolecular Hbond substituents is 1. The quantitative estimate of drug-likeness (QED) is 0.0290. The minimum Gasteiger partial charge on any atom is -0.508 e. The van der Waals surface area contributed by atoms with Crippen molar-refractivity contribution in [2.45, 2.75) is 174 Å². The molecule has 0 aliphatic heterocycles. The second kappa shape index (κ2) is 38.0. The van der Waals surface area contributed by atoms with Crippen molar-refractivity contribution in [3.8, 4) is 5.75 Å². The molecule has 0 heterocycles. The molecule has 0 aliphatic carbocycles. The fraction of sp³-hybridized carbons (Fsp3) is 0.433. The van der Waals surface area contributed by atoms with E-state index in [1.807, 2.05) is 50.2 Å². The maximum Gasteiger partial charge on any atom is 0.334 e. The minimum absolute atomic E-state index is 0.0105. The van der Waals surface area contributed by atoms with E-state index < -0.39 is 138 Å². The molecule has 0 aliphatic rings. The van der Waals surface area contributed by atoms with Crippen LogP contribution >= 0.6 is 0 Å². The Morgan fingerprint density at radius 1 is 0.484 bits per heavy atom. The molecule has 26 heteroatoms. The summed E-state index contributed by atoms with van der Waals surface area (Å²) < 4.78 is 0. The van der Waals surface area contributed by atoms with Gasteiger partial charge in [-0.2, -0.15) is 0 Å². The summed E-state index contributed by atoms with van der Waals surface area (Å²) in [5, 5.41) is 41.1. The van der Waals surface area contributed by atoms with Gasteiger partial charge in [0.25, 0.3) is 5.91 Å². The molecule has 0 radical (unpaired) electrons. The van der Waals surface area contributed by atoms with Gasteiger partial charge in [-0.25, -0.2) is 10.2 Å². The number of carbonyl (C=O) groups is 12. The van der Waals surface area contributed by atoms with Crippen LogP contribution in [0.4, 0.5) is 4.79 Å². The van der Waals surface area contributed by atoms with Crippen LogP contribution in [0.2, 0.25) is 0 Å². The summed E-state index contributed by atoms with van der Waals surface area (Å²) in [5.74, 6) is -10.8. The highest BCUT2D eigenvalue weighted by atomic mass is 16.3. The van der Waals surface area contributed by atoms with Crippen molar-refractivity contribution in [2.75, 3.05) is 0 Å². The van der Waals surface area contributed by atoms with Crippen LogP contribution < -0.4 is 64.9 Å². The van der Waals surface area contributed by atoms with Crippen molar-refractivity contribution in [2.24, 2.45) is 23.3 Å². The number of allylic oxidation sites excluding steroid dienone is 1. The Labute approximate surface area is 541 Å². The Morgan fingerprint density at radius 2 is 0.935 bits per heavy atom. The first-order chi connectivity index (χ1) is 44.1. The zero-order valence-corrected chi connectivity index (χ0v) is 53.8. The van der Waals surface area contributed by atoms with Gasteiger partial charge in [0.1, 0.15) is 48.0 Å². The Kier molecular flexibility index (Phi) is 30.8. The van der Waals surface area contributed by atoms with Crippen molar-refractivity contribution in [1.29, 1.82) is 0 Å². The third kappa shape index (κ3) is 26.0. The fourth-order valence-electron chi connectivity index (χ4n) is 9.95. The van der Waals surface area contributed by atoms with Crippen molar-refractivity contribution in [3.63, 3.8) is 0 Å². The molecule has 4 rings (SSSR count). The minimum atomic E-state index is -1.91. The van der Waals surface area contributed by atoms with Crippen LogP contribution in [-0.2, 0) is 72.0 Å². The van der Waals surface area contributed by atoms with Crippen LogP contribution in [0.1, 0.15) is 121 Å². The lowest BCUT2D eigenvalue weighted by Gasteiger charge is -2.28. The number of rotatable bonds is 36. The monoisotopic (exact) mass is 1290 g/mol. The van der Waals surface area contributed by atoms with Gasteiger partial charge in [0, 0.05) is 18.8 Å². The van der Waals surface area contributed by atoms with Gasteiger partial charge in [-0.1, -0.05) is 144 Å². The molecule has 16 N–H and O–H groups in total. The second-order valence-electron chi connectivity index (χ2n) is 23.4. The molecule has 10 atom stereocenters. The smallest absolute Gasteiger partial charge is 0.334 e. The summed E-state index contributed by atoms with van der Waals surface area (Å²) >= 11 is 0. The van der Waals surface area contributed by atoms with E-state index in [1.54, 1.807) is 94.4 Å². The van der Waals surface area contributed by atoms with Gasteiger partial charge in [-0.15, -0.1) is 0 Å². The molecule has 4 aromatic carbocycles. The van der Waals surface area contributed by atoms with Crippen LogP contribution in [0.25, 0.3) is 5.57 Å². The van der Waals surface area contributed by atoms with Gasteiger partial charge in [-0.05, 0) is 105 Å². The van der Waals surface area contributed by atoms with E-state index in [-0.39, 0.29) is 56.0 Å². The molecule has 12 amide bonds. The summed E-state index contributed by atoms with van der Waals surface area (Å²) in [6.07, 6.45) is -0.260. The lowest BCUT2D eigenvalue weighted by molar-refractivity contribution is -0.137. The number of hydrogen-bond acceptors (Lipinski definition) is 14. The van der Waals surface area contributed by atoms with E-state index in [0.29, 0.717) is 35.1 Å². The molecule has 26 nitrogen and oxygen atoms in total. The van der Waals surface area contributed by atoms with Crippen molar-refractivity contribution in [1.82, 2.24) is 53.4 Å². The van der Waals surface area contributed by atoms with Crippen molar-refractivity contribution < 1.29 is 67.7 Å². The van der Waals surface area contributed by atoms with E-state index in [9.17, 15) is 67.7 Å². The number of hydrazine groups is 1. The number of urea groups is 1. The van der Waals surface area contributed by atoms with Crippen molar-refractivity contribution in [3.05, 3.63) is 143 Å². The molecule has 4 aromatic rings. The van der Waals surface area contributed by atoms with Crippen LogP contribution in [-0.4, -0.2) is 136 Å². The zero-order chi connectivity index (χ0) is 68.9. The summed E-state index contributed by atoms with van der Waals surface area (Å²) in [7, 11) is 0. The first-order valence-electron chi connectivity index (χ1n) is 30.9. The number of hydrogen-bond donors (Lipinski definition) is 14. The molecule has 93 heavy (non-hydrogen) atoms. The number of unbranched alkanes of at least 4 members (excludes halogenated alkanes) is 1. The van der Waals surface area contributed by atoms with E-state index in [0.717, 1.165) is 18.1 Å². The number of ketones is 1. The molecule has 0 aromatic heterocycles. The van der Waals surface area contributed by atoms with E-state index >= 15 is 0 Å². The van der Waals surface area contributed by atoms with Crippen LogP contribution in [0.3, 0.4) is 0 Å². The molecule has 0 fully saturated rings. The van der Waals surface area contributed by atoms with Crippen LogP contribution in [0, 0.1) is 18.8 Å². The van der Waals surface area contributed by atoms with Gasteiger partial charge in [-0.3, -0.25) is 58.2 Å². The number of primary amides is 2. The maximum atomic E-state index is 14.6. The number of phenols is 1. The van der Waals surface area contributed by atoms with Crippen molar-refractivity contribution >= 4 is 76.5 Å². The Hall–Kier alpha value is -9.98. The molecule has 0 spiro atoms. The average molecular weight is 1290 g/mol. The largest absolute Gasteiger partial charge is 0.508 e. The third-order valence-electron chi connectivity index (χ3n) is 15.1. The number of aromatic hydroxyl groups is 1. The average Bonchev–Trinajstić information content (AvgIpc) is 1.65. The van der Waals surface area contributed by atoms with E-state index in [1.165, 1.54) is 19.1 Å². The summed E-state index contributed by atoms with van der Waals surface area (Å²) in [5.41, 5.74) is 19.5. The number of Topliss-reactive ketones (excluding diaryl/α,β-unsaturated/α-hetero) is 1. The summed E-state index contributed by atoms with van der Waals surface area (Å²) in [4.78, 5) is 164. The maximum absolute atomic E-state index is 14.6. The highest BCUT2D eigenvalue weighted by Crippen LogP contribution is 2.24. The molecular formula is C67H90N12O14. The SMILES string of the molecule is C/C=C(/C[C@H](NC(=O)[C@H](CC(N)=O)NC(=O)[C@H](C)Cc1ccc(O)cc1)C(=O)N[C@@H](CC(N)=O)C(=O)N[C@H](C(=O)N[C@@H](Cc1ccccc1)C(=O)NNC(=O)N[C@@H](CC(C)C)C(=O)N[C@@H](CCCC)C(=O)N[C@@H](Cc1ccccc1)C(C)=O)C(C)O)c1ccccc1C. The predicted octanol–water partition coefficient (Wildman–Crippen LogP) is 1.91. The number of nitrogens with two attached hydrogens (primary N) is 2. The molecule has 502 valence electrons. The number of aryl methyl sites for hydroxylation is 1. The Bertz CT molecular complexity index is 3250. The Morgan fingerprint density at radius 3 is 1.44 bits per heavy atom. The lowest BCUT2D eigenvalue weighted by atomic mass is 9.94. The van der Waals surface area contributed by atoms with Gasteiger partial charge in [0.15, 0.2) is 5.78 Å². The third-order valence-corrected chi connectivity index (χ3v) is 15.1. The second-order valence-corrected chi connectivity index (χ2v) is 23.4. The van der Waals surface area contributed by atoms with Crippen LogP contribution in [0.15, 0.2) is 115 Å².